The lowest BCUT2D eigenvalue weighted by Gasteiger charge is -2.26. The van der Waals surface area contributed by atoms with Gasteiger partial charge in [0.05, 0.1) is 13.2 Å². The van der Waals surface area contributed by atoms with Gasteiger partial charge in [-0.25, -0.2) is 4.79 Å². The molecule has 2 fully saturated rings. The molecule has 0 amide bonds. The maximum atomic E-state index is 11.9. The van der Waals surface area contributed by atoms with Gasteiger partial charge in [-0.2, -0.15) is 13.2 Å². The van der Waals surface area contributed by atoms with Gasteiger partial charge in [-0.1, -0.05) is 0 Å². The second-order valence-corrected chi connectivity index (χ2v) is 3.39. The van der Waals surface area contributed by atoms with Gasteiger partial charge in [0.15, 0.2) is 0 Å². The van der Waals surface area contributed by atoms with E-state index in [1.165, 1.54) is 0 Å². The molecule has 2 saturated heterocycles. The topological polar surface area (TPSA) is 47.6 Å². The first-order valence-electron chi connectivity index (χ1n) is 4.09. The van der Waals surface area contributed by atoms with E-state index in [4.69, 9.17) is 4.74 Å². The Bertz CT molecular complexity index is 257. The quantitative estimate of drug-likeness (QED) is 0.628. The van der Waals surface area contributed by atoms with Crippen molar-refractivity contribution in [3.63, 3.8) is 0 Å². The van der Waals surface area contributed by atoms with E-state index in [0.717, 1.165) is 0 Å². The van der Waals surface area contributed by atoms with Crippen molar-refractivity contribution in [2.75, 3.05) is 13.2 Å². The van der Waals surface area contributed by atoms with E-state index < -0.39 is 17.9 Å². The van der Waals surface area contributed by atoms with E-state index in [9.17, 15) is 18.0 Å². The highest BCUT2D eigenvalue weighted by molar-refractivity contribution is 5.76. The van der Waals surface area contributed by atoms with Crippen LogP contribution in [0, 0.1) is 0 Å². The minimum atomic E-state index is -4.96. The monoisotopic (exact) mass is 211 g/mol. The molecular weight excluding hydrogens is 203 g/mol. The molecule has 1 N–H and O–H groups in total. The summed E-state index contributed by atoms with van der Waals surface area (Å²) in [6.07, 6.45) is -4.67. The molecule has 0 aliphatic carbocycles. The van der Waals surface area contributed by atoms with Crippen molar-refractivity contribution < 1.29 is 27.4 Å². The van der Waals surface area contributed by atoms with Crippen LogP contribution in [0.25, 0.3) is 0 Å². The summed E-state index contributed by atoms with van der Waals surface area (Å²) in [6.45, 7) is 0.407. The second kappa shape index (κ2) is 2.83. The normalized spacial score (nSPS) is 36.1. The number of carbonyl (C=O) groups excluding carboxylic acids is 1. The molecule has 2 rings (SSSR count). The number of alkyl halides is 3. The smallest absolute Gasteiger partial charge is 0.425 e. The summed E-state index contributed by atoms with van der Waals surface area (Å²) in [5, 5.41) is 2.88. The van der Waals surface area contributed by atoms with Gasteiger partial charge in [0.25, 0.3) is 0 Å². The highest BCUT2D eigenvalue weighted by atomic mass is 19.4. The van der Waals surface area contributed by atoms with Crippen molar-refractivity contribution in [1.82, 2.24) is 5.32 Å². The number of carbonyl (C=O) groups is 1. The average molecular weight is 211 g/mol. The van der Waals surface area contributed by atoms with Crippen LogP contribution in [0.2, 0.25) is 0 Å². The van der Waals surface area contributed by atoms with Gasteiger partial charge in [-0.3, -0.25) is 0 Å². The number of hydrogen-bond donors (Lipinski definition) is 1. The lowest BCUT2D eigenvalue weighted by molar-refractivity contribution is -0.248. The molecule has 14 heavy (non-hydrogen) atoms. The lowest BCUT2D eigenvalue weighted by atomic mass is 10.2. The number of morpholine rings is 1. The first kappa shape index (κ1) is 9.72. The van der Waals surface area contributed by atoms with Crippen molar-refractivity contribution in [2.24, 2.45) is 0 Å². The average Bonchev–Trinajstić information content (AvgIpc) is 2.61. The van der Waals surface area contributed by atoms with E-state index >= 15 is 0 Å². The van der Waals surface area contributed by atoms with Crippen LogP contribution in [0.1, 0.15) is 6.42 Å². The molecule has 0 saturated carbocycles. The minimum Gasteiger partial charge on any atom is -0.425 e. The SMILES string of the molecule is O=C(O[C@]12CN[C@@H](CO1)C2)C(F)(F)F. The minimum absolute atomic E-state index is 0.00367. The lowest BCUT2D eigenvalue weighted by Crippen LogP contribution is -2.45. The third-order valence-corrected chi connectivity index (χ3v) is 2.28. The number of hydrogen-bond acceptors (Lipinski definition) is 4. The molecule has 4 nitrogen and oxygen atoms in total. The second-order valence-electron chi connectivity index (χ2n) is 3.39. The Hall–Kier alpha value is -0.820. The van der Waals surface area contributed by atoms with Gasteiger partial charge in [0.1, 0.15) is 0 Å². The highest BCUT2D eigenvalue weighted by Crippen LogP contribution is 2.34. The third-order valence-electron chi connectivity index (χ3n) is 2.28. The zero-order chi connectivity index (χ0) is 10.4. The molecule has 2 bridgehead atoms. The predicted octanol–water partition coefficient (Wildman–Crippen LogP) is 0.180. The molecule has 0 aromatic carbocycles. The van der Waals surface area contributed by atoms with Crippen molar-refractivity contribution in [3.8, 4) is 0 Å². The first-order valence-corrected chi connectivity index (χ1v) is 4.09. The molecule has 2 aliphatic rings. The molecule has 7 heteroatoms. The van der Waals surface area contributed by atoms with Crippen LogP contribution >= 0.6 is 0 Å². The summed E-state index contributed by atoms with van der Waals surface area (Å²) in [6, 6.07) is -0.00367. The molecule has 0 radical (unpaired) electrons. The van der Waals surface area contributed by atoms with E-state index in [-0.39, 0.29) is 25.6 Å². The molecule has 80 valence electrons. The molecule has 2 aliphatic heterocycles. The van der Waals surface area contributed by atoms with Gasteiger partial charge in [-0.15, -0.1) is 0 Å². The fourth-order valence-electron chi connectivity index (χ4n) is 1.63. The molecule has 2 atom stereocenters. The summed E-state index contributed by atoms with van der Waals surface area (Å²) in [7, 11) is 0. The Morgan fingerprint density at radius 3 is 2.64 bits per heavy atom. The van der Waals surface area contributed by atoms with Gasteiger partial charge in [-0.05, 0) is 0 Å². The Kier molecular flexibility index (Phi) is 1.97. The van der Waals surface area contributed by atoms with Crippen LogP contribution < -0.4 is 5.32 Å². The molecule has 0 aromatic heterocycles. The number of fused-ring (bicyclic) bond motifs is 2. The predicted molar refractivity (Wildman–Crippen MR) is 37.2 cm³/mol. The maximum Gasteiger partial charge on any atom is 0.491 e. The summed E-state index contributed by atoms with van der Waals surface area (Å²) in [5.74, 6) is -3.58. The number of esters is 1. The van der Waals surface area contributed by atoms with Crippen molar-refractivity contribution in [3.05, 3.63) is 0 Å². The van der Waals surface area contributed by atoms with Crippen molar-refractivity contribution in [1.29, 1.82) is 0 Å². The third kappa shape index (κ3) is 1.57. The van der Waals surface area contributed by atoms with Crippen molar-refractivity contribution in [2.45, 2.75) is 24.4 Å². The van der Waals surface area contributed by atoms with E-state index in [0.29, 0.717) is 0 Å². The molecule has 0 unspecified atom stereocenters. The van der Waals surface area contributed by atoms with Crippen LogP contribution in [0.15, 0.2) is 0 Å². The zero-order valence-corrected chi connectivity index (χ0v) is 7.06. The number of halogens is 3. The van der Waals surface area contributed by atoms with E-state index in [1.54, 1.807) is 0 Å². The van der Waals surface area contributed by atoms with E-state index in [2.05, 4.69) is 10.1 Å². The summed E-state index contributed by atoms with van der Waals surface area (Å²) < 4.78 is 44.9. The summed E-state index contributed by atoms with van der Waals surface area (Å²) in [4.78, 5) is 10.5. The Labute approximate surface area is 77.4 Å². The van der Waals surface area contributed by atoms with Gasteiger partial charge in [0.2, 0.25) is 5.79 Å². The summed E-state index contributed by atoms with van der Waals surface area (Å²) >= 11 is 0. The number of ether oxygens (including phenoxy) is 2. The first-order chi connectivity index (χ1) is 6.41. The standard InChI is InChI=1S/C7H8F3NO3/c8-7(9,10)5(12)14-6-1-4(2-13-6)11-3-6/h4,11H,1-3H2/t4-,6-/m1/s1. The van der Waals surface area contributed by atoms with Gasteiger partial charge in [0, 0.05) is 12.5 Å². The van der Waals surface area contributed by atoms with Crippen LogP contribution in [0.5, 0.6) is 0 Å². The van der Waals surface area contributed by atoms with Crippen molar-refractivity contribution >= 4 is 5.97 Å². The fraction of sp³-hybridized carbons (Fsp3) is 0.857. The number of rotatable bonds is 1. The maximum absolute atomic E-state index is 11.9. The molecule has 0 spiro atoms. The van der Waals surface area contributed by atoms with Gasteiger partial charge >= 0.3 is 12.1 Å². The summed E-state index contributed by atoms with van der Waals surface area (Å²) in [5.41, 5.74) is 0. The number of nitrogens with one attached hydrogen (secondary N) is 1. The van der Waals surface area contributed by atoms with Crippen LogP contribution in [0.3, 0.4) is 0 Å². The van der Waals surface area contributed by atoms with E-state index in [1.807, 2.05) is 0 Å². The van der Waals surface area contributed by atoms with Crippen LogP contribution in [-0.2, 0) is 14.3 Å². The highest BCUT2D eigenvalue weighted by Gasteiger charge is 2.53. The Morgan fingerprint density at radius 2 is 2.29 bits per heavy atom. The largest absolute Gasteiger partial charge is 0.491 e. The van der Waals surface area contributed by atoms with Crippen LogP contribution in [-0.4, -0.2) is 37.1 Å². The zero-order valence-electron chi connectivity index (χ0n) is 7.06. The molecule has 2 heterocycles. The fourth-order valence-corrected chi connectivity index (χ4v) is 1.63. The Balaban J connectivity index is 2.01. The molecule has 0 aromatic rings. The van der Waals surface area contributed by atoms with Gasteiger partial charge < -0.3 is 14.8 Å². The molecular formula is C7H8F3NO3. The van der Waals surface area contributed by atoms with Crippen LogP contribution in [0.4, 0.5) is 13.2 Å². The Morgan fingerprint density at radius 1 is 1.57 bits per heavy atom.